The Balaban J connectivity index is 1.88. The Morgan fingerprint density at radius 1 is 1.27 bits per heavy atom. The summed E-state index contributed by atoms with van der Waals surface area (Å²) in [5.74, 6) is -0.530. The molecule has 2 heterocycles. The zero-order valence-corrected chi connectivity index (χ0v) is 12.5. The van der Waals surface area contributed by atoms with Crippen LogP contribution in [0.3, 0.4) is 0 Å². The summed E-state index contributed by atoms with van der Waals surface area (Å²) in [6.07, 6.45) is 2.51. The maximum absolute atomic E-state index is 12.6. The normalized spacial score (nSPS) is 21.0. The van der Waals surface area contributed by atoms with Crippen molar-refractivity contribution in [3.05, 3.63) is 29.3 Å². The Bertz CT molecular complexity index is 656. The van der Waals surface area contributed by atoms with Crippen LogP contribution < -0.4 is 10.6 Å². The summed E-state index contributed by atoms with van der Waals surface area (Å²) in [7, 11) is 1.74. The average molecular weight is 301 g/mol. The maximum Gasteiger partial charge on any atom is 0.254 e. The third kappa shape index (κ3) is 2.34. The highest BCUT2D eigenvalue weighted by Crippen LogP contribution is 2.29. The Labute approximate surface area is 128 Å². The van der Waals surface area contributed by atoms with Gasteiger partial charge in [0.2, 0.25) is 11.8 Å². The van der Waals surface area contributed by atoms with Gasteiger partial charge in [-0.15, -0.1) is 0 Å². The van der Waals surface area contributed by atoms with Gasteiger partial charge in [-0.3, -0.25) is 14.4 Å². The van der Waals surface area contributed by atoms with Crippen LogP contribution >= 0.6 is 0 Å². The van der Waals surface area contributed by atoms with Crippen molar-refractivity contribution in [2.45, 2.75) is 31.7 Å². The molecule has 6 heteroatoms. The van der Waals surface area contributed by atoms with Gasteiger partial charge in [-0.2, -0.15) is 0 Å². The van der Waals surface area contributed by atoms with Gasteiger partial charge < -0.3 is 15.5 Å². The summed E-state index contributed by atoms with van der Waals surface area (Å²) in [5, 5.41) is 0. The van der Waals surface area contributed by atoms with E-state index < -0.39 is 11.9 Å². The lowest BCUT2D eigenvalue weighted by Gasteiger charge is -2.27. The van der Waals surface area contributed by atoms with Crippen molar-refractivity contribution >= 4 is 23.4 Å². The summed E-state index contributed by atoms with van der Waals surface area (Å²) < 4.78 is 0. The monoisotopic (exact) mass is 301 g/mol. The zero-order valence-electron chi connectivity index (χ0n) is 12.5. The number of hydrogen-bond acceptors (Lipinski definition) is 3. The largest absolute Gasteiger partial charge is 0.368 e. The second-order valence-electron chi connectivity index (χ2n) is 5.86. The van der Waals surface area contributed by atoms with Crippen molar-refractivity contribution in [2.24, 2.45) is 5.73 Å². The van der Waals surface area contributed by atoms with Crippen LogP contribution in [0.25, 0.3) is 0 Å². The number of carbonyl (C=O) groups excluding carboxylic acids is 3. The number of aryl methyl sites for hydroxylation is 1. The standard InChI is InChI=1S/C16H19N3O3/c1-18-12-6-4-11(9-10(12)5-7-14(18)20)16(22)19-8-2-3-13(19)15(17)21/h4,6,9,13H,2-3,5,7-8H2,1H3,(H2,17,21)/t13-/m0/s1. The Morgan fingerprint density at radius 3 is 2.77 bits per heavy atom. The van der Waals surface area contributed by atoms with E-state index in [1.807, 2.05) is 6.07 Å². The molecule has 2 aliphatic heterocycles. The van der Waals surface area contributed by atoms with Crippen molar-refractivity contribution in [3.8, 4) is 0 Å². The molecule has 0 saturated carbocycles. The first kappa shape index (κ1) is 14.6. The molecule has 6 nitrogen and oxygen atoms in total. The van der Waals surface area contributed by atoms with Gasteiger partial charge in [0.25, 0.3) is 5.91 Å². The van der Waals surface area contributed by atoms with Gasteiger partial charge >= 0.3 is 0 Å². The first-order chi connectivity index (χ1) is 10.5. The zero-order chi connectivity index (χ0) is 15.9. The number of nitrogens with two attached hydrogens (primary N) is 1. The third-order valence-electron chi connectivity index (χ3n) is 4.51. The topological polar surface area (TPSA) is 83.7 Å². The fraction of sp³-hybridized carbons (Fsp3) is 0.438. The summed E-state index contributed by atoms with van der Waals surface area (Å²) in [6.45, 7) is 0.557. The predicted molar refractivity (Wildman–Crippen MR) is 81.4 cm³/mol. The minimum Gasteiger partial charge on any atom is -0.368 e. The van der Waals surface area contributed by atoms with Gasteiger partial charge in [-0.25, -0.2) is 0 Å². The Hall–Kier alpha value is -2.37. The van der Waals surface area contributed by atoms with Crippen molar-refractivity contribution in [1.82, 2.24) is 4.90 Å². The quantitative estimate of drug-likeness (QED) is 0.872. The van der Waals surface area contributed by atoms with E-state index in [-0.39, 0.29) is 11.8 Å². The van der Waals surface area contributed by atoms with E-state index in [9.17, 15) is 14.4 Å². The highest BCUT2D eigenvalue weighted by molar-refractivity contribution is 6.00. The molecule has 0 aromatic heterocycles. The minimum absolute atomic E-state index is 0.0833. The van der Waals surface area contributed by atoms with Crippen molar-refractivity contribution in [2.75, 3.05) is 18.5 Å². The average Bonchev–Trinajstić information content (AvgIpc) is 2.99. The molecule has 0 radical (unpaired) electrons. The van der Waals surface area contributed by atoms with Gasteiger partial charge in [0.1, 0.15) is 6.04 Å². The van der Waals surface area contributed by atoms with E-state index in [0.29, 0.717) is 31.4 Å². The summed E-state index contributed by atoms with van der Waals surface area (Å²) in [5.41, 5.74) is 7.76. The van der Waals surface area contributed by atoms with Crippen LogP contribution in [0.2, 0.25) is 0 Å². The number of likely N-dealkylation sites (tertiary alicyclic amines) is 1. The number of rotatable bonds is 2. The molecule has 1 fully saturated rings. The number of anilines is 1. The molecule has 0 spiro atoms. The van der Waals surface area contributed by atoms with Crippen LogP contribution in [0.15, 0.2) is 18.2 Å². The fourth-order valence-corrected chi connectivity index (χ4v) is 3.26. The molecule has 1 saturated heterocycles. The number of carbonyl (C=O) groups is 3. The highest BCUT2D eigenvalue weighted by atomic mass is 16.2. The molecule has 2 aliphatic rings. The first-order valence-corrected chi connectivity index (χ1v) is 7.49. The SMILES string of the molecule is CN1C(=O)CCc2cc(C(=O)N3CCC[C@H]3C(N)=O)ccc21. The number of primary amides is 1. The second kappa shape index (κ2) is 5.44. The second-order valence-corrected chi connectivity index (χ2v) is 5.86. The lowest BCUT2D eigenvalue weighted by Crippen LogP contribution is -2.43. The Kier molecular flexibility index (Phi) is 3.60. The smallest absolute Gasteiger partial charge is 0.254 e. The van der Waals surface area contributed by atoms with Gasteiger partial charge in [-0.1, -0.05) is 0 Å². The number of amides is 3. The molecule has 0 aliphatic carbocycles. The van der Waals surface area contributed by atoms with E-state index in [0.717, 1.165) is 17.7 Å². The number of hydrogen-bond donors (Lipinski definition) is 1. The lowest BCUT2D eigenvalue weighted by molar-refractivity contribution is -0.121. The van der Waals surface area contributed by atoms with Crippen molar-refractivity contribution in [3.63, 3.8) is 0 Å². The van der Waals surface area contributed by atoms with Crippen molar-refractivity contribution < 1.29 is 14.4 Å². The molecule has 116 valence electrons. The van der Waals surface area contributed by atoms with Crippen LogP contribution in [-0.4, -0.2) is 42.3 Å². The number of fused-ring (bicyclic) bond motifs is 1. The predicted octanol–water partition coefficient (Wildman–Crippen LogP) is 0.686. The van der Waals surface area contributed by atoms with Crippen LogP contribution in [0.4, 0.5) is 5.69 Å². The van der Waals surface area contributed by atoms with E-state index in [1.165, 1.54) is 0 Å². The lowest BCUT2D eigenvalue weighted by atomic mass is 9.98. The molecule has 0 bridgehead atoms. The summed E-state index contributed by atoms with van der Waals surface area (Å²) in [6, 6.07) is 4.84. The minimum atomic E-state index is -0.507. The number of benzene rings is 1. The molecule has 1 atom stereocenters. The summed E-state index contributed by atoms with van der Waals surface area (Å²) >= 11 is 0. The van der Waals surface area contributed by atoms with E-state index in [4.69, 9.17) is 5.73 Å². The number of nitrogens with zero attached hydrogens (tertiary/aromatic N) is 2. The van der Waals surface area contributed by atoms with E-state index in [1.54, 1.807) is 29.0 Å². The van der Waals surface area contributed by atoms with E-state index >= 15 is 0 Å². The molecular weight excluding hydrogens is 282 g/mol. The van der Waals surface area contributed by atoms with Gasteiger partial charge in [-0.05, 0) is 43.0 Å². The van der Waals surface area contributed by atoms with Crippen LogP contribution in [0.1, 0.15) is 35.2 Å². The molecule has 22 heavy (non-hydrogen) atoms. The van der Waals surface area contributed by atoms with Crippen LogP contribution in [0.5, 0.6) is 0 Å². The molecule has 3 rings (SSSR count). The summed E-state index contributed by atoms with van der Waals surface area (Å²) in [4.78, 5) is 39.0. The van der Waals surface area contributed by atoms with Gasteiger partial charge in [0.15, 0.2) is 0 Å². The fourth-order valence-electron chi connectivity index (χ4n) is 3.26. The van der Waals surface area contributed by atoms with E-state index in [2.05, 4.69) is 0 Å². The molecule has 1 aromatic carbocycles. The molecule has 3 amide bonds. The van der Waals surface area contributed by atoms with Crippen LogP contribution in [0, 0.1) is 0 Å². The van der Waals surface area contributed by atoms with Crippen molar-refractivity contribution in [1.29, 1.82) is 0 Å². The van der Waals surface area contributed by atoms with Crippen LogP contribution in [-0.2, 0) is 16.0 Å². The molecule has 0 unspecified atom stereocenters. The Morgan fingerprint density at radius 2 is 2.05 bits per heavy atom. The maximum atomic E-state index is 12.6. The third-order valence-corrected chi connectivity index (χ3v) is 4.51. The molecule has 2 N–H and O–H groups in total. The first-order valence-electron chi connectivity index (χ1n) is 7.49. The van der Waals surface area contributed by atoms with Gasteiger partial charge in [0.05, 0.1) is 0 Å². The highest BCUT2D eigenvalue weighted by Gasteiger charge is 2.33. The molecular formula is C16H19N3O3. The van der Waals surface area contributed by atoms with Gasteiger partial charge in [0, 0.05) is 31.3 Å². The molecule has 1 aromatic rings.